The van der Waals surface area contributed by atoms with Crippen molar-refractivity contribution in [3.63, 3.8) is 0 Å². The van der Waals surface area contributed by atoms with E-state index in [4.69, 9.17) is 37.4 Å². The highest BCUT2D eigenvalue weighted by Crippen LogP contribution is 2.37. The number of aromatic nitrogens is 1. The number of esters is 1. The summed E-state index contributed by atoms with van der Waals surface area (Å²) in [5, 5.41) is 1.09. The second-order valence-electron chi connectivity index (χ2n) is 8.91. The molecule has 10 heteroatoms. The van der Waals surface area contributed by atoms with E-state index in [2.05, 4.69) is 4.99 Å². The molecule has 0 amide bonds. The predicted molar refractivity (Wildman–Crippen MR) is 156 cm³/mol. The molecule has 2 heterocycles. The van der Waals surface area contributed by atoms with Crippen LogP contribution >= 0.6 is 34.5 Å². The molecule has 0 spiro atoms. The van der Waals surface area contributed by atoms with E-state index >= 15 is 0 Å². The van der Waals surface area contributed by atoms with Crippen LogP contribution in [0.3, 0.4) is 0 Å². The standard InChI is InChI=1S/C30H24Cl2N2O5S/c1-17-26(29(36)38-3)27(22-15-20(31)10-13-24(22)37-2)34-28(35)25(40-30(34)33-17)14-18-8-11-21(12-9-18)39-16-19-6-4-5-7-23(19)32/h4-15,27H,16H2,1-3H3/b25-14-/t27-/m1/s1. The topological polar surface area (TPSA) is 79.1 Å². The molecule has 1 aliphatic heterocycles. The van der Waals surface area contributed by atoms with Gasteiger partial charge in [-0.2, -0.15) is 0 Å². The number of rotatable bonds is 7. The fraction of sp³-hybridized carbons (Fsp3) is 0.167. The van der Waals surface area contributed by atoms with Gasteiger partial charge in [0.15, 0.2) is 4.80 Å². The van der Waals surface area contributed by atoms with E-state index in [1.807, 2.05) is 48.5 Å². The van der Waals surface area contributed by atoms with Gasteiger partial charge >= 0.3 is 5.97 Å². The van der Waals surface area contributed by atoms with Gasteiger partial charge in [-0.15, -0.1) is 0 Å². The monoisotopic (exact) mass is 594 g/mol. The minimum absolute atomic E-state index is 0.238. The van der Waals surface area contributed by atoms with E-state index in [0.29, 0.717) is 48.7 Å². The van der Waals surface area contributed by atoms with Crippen molar-refractivity contribution in [1.29, 1.82) is 0 Å². The van der Waals surface area contributed by atoms with Crippen molar-refractivity contribution >= 4 is 46.6 Å². The molecule has 1 aromatic heterocycles. The summed E-state index contributed by atoms with van der Waals surface area (Å²) in [5.41, 5.74) is 2.63. The molecule has 1 atom stereocenters. The second kappa shape index (κ2) is 11.7. The molecule has 0 saturated heterocycles. The van der Waals surface area contributed by atoms with Gasteiger partial charge in [-0.25, -0.2) is 9.79 Å². The highest BCUT2D eigenvalue weighted by Gasteiger charge is 2.35. The van der Waals surface area contributed by atoms with E-state index in [-0.39, 0.29) is 11.1 Å². The first kappa shape index (κ1) is 27.7. The average Bonchev–Trinajstić information content (AvgIpc) is 3.26. The molecule has 0 bridgehead atoms. The normalized spacial score (nSPS) is 14.9. The molecule has 0 saturated carbocycles. The first-order chi connectivity index (χ1) is 19.3. The lowest BCUT2D eigenvalue weighted by atomic mass is 9.95. The van der Waals surface area contributed by atoms with Crippen molar-refractivity contribution < 1.29 is 19.0 Å². The third-order valence-corrected chi connectivity index (χ3v) is 8.03. The average molecular weight is 596 g/mol. The number of carbonyl (C=O) groups is 1. The summed E-state index contributed by atoms with van der Waals surface area (Å²) in [6.45, 7) is 2.06. The molecule has 0 radical (unpaired) electrons. The highest BCUT2D eigenvalue weighted by molar-refractivity contribution is 7.07. The van der Waals surface area contributed by atoms with Crippen LogP contribution in [0, 0.1) is 0 Å². The molecule has 4 aromatic rings. The molecule has 0 unspecified atom stereocenters. The highest BCUT2D eigenvalue weighted by atomic mass is 35.5. The van der Waals surface area contributed by atoms with E-state index < -0.39 is 12.0 Å². The van der Waals surface area contributed by atoms with Gasteiger partial charge in [0.25, 0.3) is 5.56 Å². The van der Waals surface area contributed by atoms with Crippen LogP contribution in [-0.4, -0.2) is 24.8 Å². The van der Waals surface area contributed by atoms with Crippen LogP contribution in [0.4, 0.5) is 0 Å². The molecule has 0 fully saturated rings. The zero-order valence-corrected chi connectivity index (χ0v) is 24.1. The third-order valence-electron chi connectivity index (χ3n) is 6.44. The first-order valence-electron chi connectivity index (χ1n) is 12.2. The quantitative estimate of drug-likeness (QED) is 0.271. The molecule has 204 valence electrons. The number of nitrogens with zero attached hydrogens (tertiary/aromatic N) is 2. The summed E-state index contributed by atoms with van der Waals surface area (Å²) in [5.74, 6) is 0.562. The van der Waals surface area contributed by atoms with Crippen molar-refractivity contribution in [2.24, 2.45) is 4.99 Å². The second-order valence-corrected chi connectivity index (χ2v) is 10.8. The van der Waals surface area contributed by atoms with E-state index in [1.54, 1.807) is 31.2 Å². The molecule has 0 aliphatic carbocycles. The van der Waals surface area contributed by atoms with Gasteiger partial charge in [-0.3, -0.25) is 9.36 Å². The molecular weight excluding hydrogens is 571 g/mol. The van der Waals surface area contributed by atoms with Crippen LogP contribution in [0.15, 0.2) is 87.8 Å². The summed E-state index contributed by atoms with van der Waals surface area (Å²) in [6.07, 6.45) is 1.78. The molecule has 3 aromatic carbocycles. The van der Waals surface area contributed by atoms with Crippen molar-refractivity contribution in [3.05, 3.63) is 124 Å². The van der Waals surface area contributed by atoms with E-state index in [0.717, 1.165) is 11.1 Å². The van der Waals surface area contributed by atoms with Crippen LogP contribution in [0.25, 0.3) is 6.08 Å². The summed E-state index contributed by atoms with van der Waals surface area (Å²) in [4.78, 5) is 31.7. The Kier molecular flexibility index (Phi) is 8.12. The number of hydrogen-bond donors (Lipinski definition) is 0. The van der Waals surface area contributed by atoms with Crippen LogP contribution in [0.5, 0.6) is 11.5 Å². The molecule has 40 heavy (non-hydrogen) atoms. The van der Waals surface area contributed by atoms with Crippen LogP contribution in [0.1, 0.15) is 29.7 Å². The Labute approximate surface area is 244 Å². The fourth-order valence-corrected chi connectivity index (χ4v) is 5.91. The predicted octanol–water partition coefficient (Wildman–Crippen LogP) is 5.30. The number of fused-ring (bicyclic) bond motifs is 1. The van der Waals surface area contributed by atoms with Crippen molar-refractivity contribution in [2.45, 2.75) is 19.6 Å². The largest absolute Gasteiger partial charge is 0.496 e. The van der Waals surface area contributed by atoms with Crippen molar-refractivity contribution in [1.82, 2.24) is 4.57 Å². The molecule has 1 aliphatic rings. The molecule has 7 nitrogen and oxygen atoms in total. The van der Waals surface area contributed by atoms with Crippen LogP contribution < -0.4 is 24.4 Å². The molecular formula is C30H24Cl2N2O5S. The van der Waals surface area contributed by atoms with E-state index in [1.165, 1.54) is 30.1 Å². The number of hydrogen-bond acceptors (Lipinski definition) is 7. The third kappa shape index (κ3) is 5.43. The fourth-order valence-electron chi connectivity index (χ4n) is 4.49. The Morgan fingerprint density at radius 2 is 1.82 bits per heavy atom. The number of thiazole rings is 1. The minimum atomic E-state index is -0.833. The van der Waals surface area contributed by atoms with Gasteiger partial charge in [0.05, 0.1) is 30.0 Å². The lowest BCUT2D eigenvalue weighted by molar-refractivity contribution is -0.136. The van der Waals surface area contributed by atoms with Gasteiger partial charge in [0, 0.05) is 21.2 Å². The van der Waals surface area contributed by atoms with Gasteiger partial charge in [0.2, 0.25) is 0 Å². The van der Waals surface area contributed by atoms with E-state index in [9.17, 15) is 9.59 Å². The van der Waals surface area contributed by atoms with Crippen molar-refractivity contribution in [2.75, 3.05) is 14.2 Å². The minimum Gasteiger partial charge on any atom is -0.496 e. The number of methoxy groups -OCH3 is 2. The summed E-state index contributed by atoms with van der Waals surface area (Å²) < 4.78 is 18.5. The smallest absolute Gasteiger partial charge is 0.338 e. The van der Waals surface area contributed by atoms with Crippen molar-refractivity contribution in [3.8, 4) is 11.5 Å². The molecule has 5 rings (SSSR count). The Hall–Kier alpha value is -3.85. The Bertz CT molecular complexity index is 1810. The maximum atomic E-state index is 13.8. The zero-order valence-electron chi connectivity index (χ0n) is 21.8. The maximum absolute atomic E-state index is 13.8. The summed E-state index contributed by atoms with van der Waals surface area (Å²) in [7, 11) is 2.81. The van der Waals surface area contributed by atoms with Gasteiger partial charge in [-0.05, 0) is 55.0 Å². The molecule has 0 N–H and O–H groups in total. The van der Waals surface area contributed by atoms with Gasteiger partial charge in [0.1, 0.15) is 24.1 Å². The summed E-state index contributed by atoms with van der Waals surface area (Å²) in [6, 6.07) is 19.1. The van der Waals surface area contributed by atoms with Gasteiger partial charge in [-0.1, -0.05) is 64.9 Å². The van der Waals surface area contributed by atoms with Gasteiger partial charge < -0.3 is 14.2 Å². The zero-order chi connectivity index (χ0) is 28.4. The SMILES string of the molecule is COC(=O)C1=C(C)N=c2s/c(=C\c3ccc(OCc4ccccc4Cl)cc3)c(=O)n2[C@@H]1c1cc(Cl)ccc1OC. The number of ether oxygens (including phenoxy) is 3. The number of allylic oxidation sites excluding steroid dienone is 1. The Morgan fingerprint density at radius 1 is 1.07 bits per heavy atom. The number of halogens is 2. The number of carbonyl (C=O) groups excluding carboxylic acids is 1. The lowest BCUT2D eigenvalue weighted by Crippen LogP contribution is -2.40. The Balaban J connectivity index is 1.54. The first-order valence-corrected chi connectivity index (χ1v) is 13.8. The Morgan fingerprint density at radius 3 is 2.52 bits per heavy atom. The maximum Gasteiger partial charge on any atom is 0.338 e. The van der Waals surface area contributed by atoms with Crippen LogP contribution in [-0.2, 0) is 16.1 Å². The lowest BCUT2D eigenvalue weighted by Gasteiger charge is -2.25. The van der Waals surface area contributed by atoms with Crippen LogP contribution in [0.2, 0.25) is 10.0 Å². The number of benzene rings is 3. The summed E-state index contributed by atoms with van der Waals surface area (Å²) >= 11 is 13.8.